The van der Waals surface area contributed by atoms with E-state index in [1.54, 1.807) is 25.1 Å². The van der Waals surface area contributed by atoms with Crippen LogP contribution in [-0.2, 0) is 32.3 Å². The number of hydrogen-bond donors (Lipinski definition) is 2. The Balaban J connectivity index is 0.000000194. The summed E-state index contributed by atoms with van der Waals surface area (Å²) >= 11 is 0. The molecule has 3 amide bonds. The first-order valence-electron chi connectivity index (χ1n) is 21.8. The van der Waals surface area contributed by atoms with E-state index in [-0.39, 0.29) is 36.3 Å². The number of nitrogens with zero attached hydrogens (tertiary/aromatic N) is 4. The lowest BCUT2D eigenvalue weighted by Gasteiger charge is -2.47. The average molecular weight is 842 g/mol. The summed E-state index contributed by atoms with van der Waals surface area (Å²) in [5, 5.41) is 12.5. The molecule has 12 heteroatoms. The van der Waals surface area contributed by atoms with Gasteiger partial charge < -0.3 is 34.5 Å². The summed E-state index contributed by atoms with van der Waals surface area (Å²) in [6.07, 6.45) is 7.10. The maximum atomic E-state index is 12.9. The van der Waals surface area contributed by atoms with Crippen LogP contribution in [0.2, 0.25) is 0 Å². The van der Waals surface area contributed by atoms with E-state index < -0.39 is 11.9 Å². The minimum absolute atomic E-state index is 0.0291. The molecule has 0 radical (unpaired) electrons. The summed E-state index contributed by atoms with van der Waals surface area (Å²) in [5.41, 5.74) is 8.64. The molecule has 4 aromatic carbocycles. The molecule has 0 aromatic heterocycles. The number of aryl methyl sites for hydroxylation is 1. The van der Waals surface area contributed by atoms with Crippen LogP contribution in [0.5, 0.6) is 11.5 Å². The van der Waals surface area contributed by atoms with Crippen molar-refractivity contribution in [1.82, 2.24) is 20.0 Å². The minimum atomic E-state index is -1.01. The molecule has 3 atom stereocenters. The lowest BCUT2D eigenvalue weighted by atomic mass is 9.71. The molecule has 4 aliphatic heterocycles. The van der Waals surface area contributed by atoms with Crippen molar-refractivity contribution < 1.29 is 33.8 Å². The summed E-state index contributed by atoms with van der Waals surface area (Å²) in [6, 6.07) is 28.1. The zero-order valence-electron chi connectivity index (χ0n) is 36.1. The highest BCUT2D eigenvalue weighted by Crippen LogP contribution is 2.48. The number of hydrogen-bond acceptors (Lipinski definition) is 10. The van der Waals surface area contributed by atoms with Gasteiger partial charge >= 0.3 is 0 Å². The quantitative estimate of drug-likeness (QED) is 0.158. The Morgan fingerprint density at radius 3 is 2.21 bits per heavy atom. The Morgan fingerprint density at radius 2 is 1.56 bits per heavy atom. The van der Waals surface area contributed by atoms with Gasteiger partial charge in [0.1, 0.15) is 24.1 Å². The van der Waals surface area contributed by atoms with Crippen LogP contribution in [0.15, 0.2) is 84.9 Å². The van der Waals surface area contributed by atoms with Gasteiger partial charge in [-0.25, -0.2) is 0 Å². The number of likely N-dealkylation sites (tertiary alicyclic amines) is 1. The van der Waals surface area contributed by atoms with Gasteiger partial charge in [0.25, 0.3) is 5.91 Å². The van der Waals surface area contributed by atoms with Gasteiger partial charge in [0.05, 0.1) is 19.2 Å². The highest BCUT2D eigenvalue weighted by atomic mass is 16.5. The molecule has 12 nitrogen and oxygen atoms in total. The average Bonchev–Trinajstić information content (AvgIpc) is 3.69. The number of fused-ring (bicyclic) bond motifs is 2. The molecule has 0 saturated carbocycles. The highest BCUT2D eigenvalue weighted by Gasteiger charge is 2.38. The number of amides is 3. The fourth-order valence-corrected chi connectivity index (χ4v) is 9.72. The molecule has 2 N–H and O–H groups in total. The molecule has 62 heavy (non-hydrogen) atoms. The van der Waals surface area contributed by atoms with Crippen molar-refractivity contribution in [3.8, 4) is 11.5 Å². The standard InChI is InChI=1S/C31H36N2O2.C19H23N3O5/c1-32-17-13-31(14-18-32)15-19-33(20-16-31)25-9-7-24(8-10-25)30-27-12-11-26(34)21-29(27)35-22-28(30)23-5-3-2-4-6-23;1-13-7-14-9-21(5-6-23)10-15(14)8-17(13)19(27)22(12-25)16(11-24)3-4-18(26)20-2/h2-12,21,28,30,34H,13-20,22H2,1H3;6-8,11-12,16H,3-5,9-10H2,1-2H3,(H,20,26). The second-order valence-electron chi connectivity index (χ2n) is 17.4. The number of ether oxygens (including phenoxy) is 1. The number of nitrogens with one attached hydrogen (secondary N) is 1. The molecule has 4 aromatic rings. The highest BCUT2D eigenvalue weighted by molar-refractivity contribution is 6.03. The third kappa shape index (κ3) is 9.92. The van der Waals surface area contributed by atoms with Gasteiger partial charge in [0.2, 0.25) is 12.3 Å². The van der Waals surface area contributed by atoms with Gasteiger partial charge in [-0.1, -0.05) is 54.6 Å². The van der Waals surface area contributed by atoms with Crippen LogP contribution in [0, 0.1) is 12.3 Å². The third-order valence-electron chi connectivity index (χ3n) is 13.6. The number of phenolic OH excluding ortho intramolecular Hbond substituents is 1. The van der Waals surface area contributed by atoms with Crippen LogP contribution < -0.4 is 15.0 Å². The Labute approximate surface area is 364 Å². The number of benzene rings is 4. The van der Waals surface area contributed by atoms with Crippen LogP contribution in [0.1, 0.15) is 94.1 Å². The lowest BCUT2D eigenvalue weighted by Crippen LogP contribution is -2.46. The van der Waals surface area contributed by atoms with Gasteiger partial charge in [-0.2, -0.15) is 0 Å². The first-order chi connectivity index (χ1) is 30.0. The zero-order valence-corrected chi connectivity index (χ0v) is 36.1. The van der Waals surface area contributed by atoms with E-state index in [0.29, 0.717) is 55.5 Å². The normalized spacial score (nSPS) is 19.8. The number of anilines is 1. The Morgan fingerprint density at radius 1 is 0.887 bits per heavy atom. The van der Waals surface area contributed by atoms with Crippen molar-refractivity contribution in [2.45, 2.75) is 76.4 Å². The molecular formula is C50H59N5O7. The first kappa shape index (κ1) is 44.2. The Kier molecular flexibility index (Phi) is 14.2. The van der Waals surface area contributed by atoms with Gasteiger partial charge in [0, 0.05) is 74.4 Å². The van der Waals surface area contributed by atoms with Gasteiger partial charge in [-0.3, -0.25) is 24.2 Å². The van der Waals surface area contributed by atoms with Crippen LogP contribution in [0.25, 0.3) is 0 Å². The molecule has 326 valence electrons. The Hall–Kier alpha value is -5.85. The number of carbonyl (C=O) groups excluding carboxylic acids is 5. The van der Waals surface area contributed by atoms with Gasteiger partial charge in [-0.05, 0) is 117 Å². The van der Waals surface area contributed by atoms with Crippen LogP contribution in [-0.4, -0.2) is 110 Å². The molecule has 4 heterocycles. The molecule has 2 saturated heterocycles. The SMILES string of the molecule is CN1CCC2(CC1)CCN(c1ccc(C3c4ccc(O)cc4OCC3c3ccccc3)cc1)CC2.CNC(=O)CCC(C=O)N(C=O)C(=O)c1cc2c(cc1C)CN(CC=O)C2. The number of carbonyl (C=O) groups is 5. The number of piperidine rings is 2. The Bertz CT molecular complexity index is 2210. The molecular weight excluding hydrogens is 783 g/mol. The molecule has 3 unspecified atom stereocenters. The molecule has 0 bridgehead atoms. The number of phenols is 1. The number of aromatic hydroxyl groups is 1. The maximum absolute atomic E-state index is 12.9. The molecule has 1 spiro atoms. The van der Waals surface area contributed by atoms with Crippen molar-refractivity contribution in [1.29, 1.82) is 0 Å². The monoisotopic (exact) mass is 841 g/mol. The molecule has 2 fully saturated rings. The van der Waals surface area contributed by atoms with Crippen LogP contribution >= 0.6 is 0 Å². The van der Waals surface area contributed by atoms with Crippen LogP contribution in [0.4, 0.5) is 5.69 Å². The first-order valence-corrected chi connectivity index (χ1v) is 21.8. The smallest absolute Gasteiger partial charge is 0.261 e. The predicted octanol–water partition coefficient (Wildman–Crippen LogP) is 6.21. The van der Waals surface area contributed by atoms with Crippen molar-refractivity contribution in [3.63, 3.8) is 0 Å². The summed E-state index contributed by atoms with van der Waals surface area (Å²) in [5.74, 6) is 0.629. The van der Waals surface area contributed by atoms with E-state index in [0.717, 1.165) is 46.7 Å². The van der Waals surface area contributed by atoms with E-state index >= 15 is 0 Å². The fraction of sp³-hybridized carbons (Fsp3) is 0.420. The lowest BCUT2D eigenvalue weighted by molar-refractivity contribution is -0.125. The molecule has 4 aliphatic rings. The van der Waals surface area contributed by atoms with Crippen molar-refractivity contribution in [2.24, 2.45) is 5.41 Å². The molecule has 0 aliphatic carbocycles. The fourth-order valence-electron chi connectivity index (χ4n) is 9.72. The summed E-state index contributed by atoms with van der Waals surface area (Å²) in [7, 11) is 3.73. The summed E-state index contributed by atoms with van der Waals surface area (Å²) in [4.78, 5) is 65.8. The zero-order chi connectivity index (χ0) is 43.8. The van der Waals surface area contributed by atoms with Crippen molar-refractivity contribution in [3.05, 3.63) is 124 Å². The van der Waals surface area contributed by atoms with Crippen LogP contribution in [0.3, 0.4) is 0 Å². The molecule has 8 rings (SSSR count). The van der Waals surface area contributed by atoms with E-state index in [1.165, 1.54) is 62.6 Å². The number of aldehydes is 2. The minimum Gasteiger partial charge on any atom is -0.508 e. The number of rotatable bonds is 12. The second-order valence-corrected chi connectivity index (χ2v) is 17.4. The van der Waals surface area contributed by atoms with Gasteiger partial charge in [0.15, 0.2) is 0 Å². The number of imide groups is 1. The maximum Gasteiger partial charge on any atom is 0.261 e. The van der Waals surface area contributed by atoms with E-state index in [4.69, 9.17) is 4.74 Å². The summed E-state index contributed by atoms with van der Waals surface area (Å²) in [6.45, 7) is 8.68. The summed E-state index contributed by atoms with van der Waals surface area (Å²) < 4.78 is 6.13. The second kappa shape index (κ2) is 19.9. The van der Waals surface area contributed by atoms with E-state index in [1.807, 2.05) is 17.0 Å². The predicted molar refractivity (Wildman–Crippen MR) is 238 cm³/mol. The van der Waals surface area contributed by atoms with E-state index in [2.05, 4.69) is 76.8 Å². The van der Waals surface area contributed by atoms with E-state index in [9.17, 15) is 29.1 Å². The largest absolute Gasteiger partial charge is 0.508 e. The van der Waals surface area contributed by atoms with Crippen molar-refractivity contribution in [2.75, 3.05) is 58.3 Å². The van der Waals surface area contributed by atoms with Gasteiger partial charge in [-0.15, -0.1) is 0 Å². The third-order valence-corrected chi connectivity index (χ3v) is 13.6. The van der Waals surface area contributed by atoms with Crippen molar-refractivity contribution >= 4 is 36.5 Å². The topological polar surface area (TPSA) is 140 Å².